The minimum absolute atomic E-state index is 0.240. The van der Waals surface area contributed by atoms with E-state index in [2.05, 4.69) is 26.3 Å². The molecule has 0 aliphatic rings. The lowest BCUT2D eigenvalue weighted by atomic mass is 10.1. The van der Waals surface area contributed by atoms with E-state index in [0.29, 0.717) is 33.9 Å². The number of nitriles is 1. The molecule has 1 N–H and O–H groups in total. The van der Waals surface area contributed by atoms with Crippen molar-refractivity contribution in [3.8, 4) is 29.0 Å². The van der Waals surface area contributed by atoms with Gasteiger partial charge in [0.1, 0.15) is 5.58 Å². The van der Waals surface area contributed by atoms with Crippen LogP contribution in [0.5, 0.6) is 11.6 Å². The topological polar surface area (TPSA) is 110 Å². The second-order valence-electron chi connectivity index (χ2n) is 6.76. The first kappa shape index (κ1) is 19.6. The Morgan fingerprint density at radius 1 is 1.12 bits per heavy atom. The summed E-state index contributed by atoms with van der Waals surface area (Å²) in [5.74, 6) is 1.75. The van der Waals surface area contributed by atoms with Crippen molar-refractivity contribution in [1.82, 2.24) is 15.0 Å². The summed E-state index contributed by atoms with van der Waals surface area (Å²) < 4.78 is 16.7. The average molecular weight is 444 g/mol. The average Bonchev–Trinajstić information content (AvgIpc) is 3.46. The van der Waals surface area contributed by atoms with Crippen LogP contribution in [0.15, 0.2) is 76.3 Å². The lowest BCUT2D eigenvalue weighted by Gasteiger charge is -2.09. The zero-order valence-electron chi connectivity index (χ0n) is 16.4. The number of hydrogen-bond donors (Lipinski definition) is 1. The summed E-state index contributed by atoms with van der Waals surface area (Å²) in [6, 6.07) is 14.7. The first-order valence-corrected chi connectivity index (χ1v) is 9.91. The molecule has 9 heteroatoms. The molecule has 0 aliphatic carbocycles. The minimum atomic E-state index is 0.240. The van der Waals surface area contributed by atoms with Gasteiger partial charge in [-0.15, -0.1) is 0 Å². The van der Waals surface area contributed by atoms with Gasteiger partial charge in [0.05, 0.1) is 30.0 Å². The van der Waals surface area contributed by atoms with Crippen molar-refractivity contribution in [3.05, 3.63) is 78.1 Å². The summed E-state index contributed by atoms with van der Waals surface area (Å²) in [4.78, 5) is 12.5. The summed E-state index contributed by atoms with van der Waals surface area (Å²) in [7, 11) is 0. The predicted octanol–water partition coefficient (Wildman–Crippen LogP) is 6.13. The Morgan fingerprint density at radius 2 is 2.00 bits per heavy atom. The second kappa shape index (κ2) is 8.41. The lowest BCUT2D eigenvalue weighted by molar-refractivity contribution is 0.462. The number of fused-ring (bicyclic) bond motifs is 1. The van der Waals surface area contributed by atoms with E-state index in [4.69, 9.17) is 30.4 Å². The van der Waals surface area contributed by atoms with Crippen LogP contribution in [-0.2, 0) is 6.42 Å². The number of oxazole rings is 1. The fourth-order valence-corrected chi connectivity index (χ4v) is 3.36. The molecule has 0 fully saturated rings. The summed E-state index contributed by atoms with van der Waals surface area (Å²) in [6.45, 7) is 0. The third kappa shape index (κ3) is 3.97. The summed E-state index contributed by atoms with van der Waals surface area (Å²) >= 11 is 6.39. The Hall–Kier alpha value is -4.35. The van der Waals surface area contributed by atoms with Gasteiger partial charge in [0.25, 0.3) is 0 Å². The number of aromatic nitrogens is 3. The smallest absolute Gasteiger partial charge is 0.230 e. The molecule has 3 aromatic heterocycles. The second-order valence-corrected chi connectivity index (χ2v) is 7.17. The number of halogens is 1. The van der Waals surface area contributed by atoms with Crippen molar-refractivity contribution in [3.63, 3.8) is 0 Å². The van der Waals surface area contributed by atoms with E-state index in [1.807, 2.05) is 24.3 Å². The molecule has 0 unspecified atom stereocenters. The highest BCUT2D eigenvalue weighted by atomic mass is 35.5. The first-order valence-electron chi connectivity index (χ1n) is 9.53. The van der Waals surface area contributed by atoms with E-state index < -0.39 is 0 Å². The van der Waals surface area contributed by atoms with E-state index >= 15 is 0 Å². The van der Waals surface area contributed by atoms with Crippen LogP contribution in [-0.4, -0.2) is 15.0 Å². The number of furan rings is 1. The Labute approximate surface area is 187 Å². The van der Waals surface area contributed by atoms with Crippen LogP contribution in [0, 0.1) is 11.3 Å². The standard InChI is InChI=1S/C23H14ClN5O3/c24-18-9-17-15(5-7-25)12-30-19(17)10-20(18)32-22-6-8-27-23(29-22)28-16-3-1-14(2-4-16)21-11-26-13-31-21/h1-4,6,8-13H,5H2,(H,27,28,29). The largest absolute Gasteiger partial charge is 0.464 e. The number of ether oxygens (including phenoxy) is 1. The monoisotopic (exact) mass is 443 g/mol. The van der Waals surface area contributed by atoms with Crippen molar-refractivity contribution in [2.24, 2.45) is 0 Å². The number of hydrogen-bond acceptors (Lipinski definition) is 8. The maximum Gasteiger partial charge on any atom is 0.230 e. The highest BCUT2D eigenvalue weighted by Crippen LogP contribution is 2.35. The van der Waals surface area contributed by atoms with Crippen LogP contribution in [0.4, 0.5) is 11.6 Å². The quantitative estimate of drug-likeness (QED) is 0.333. The summed E-state index contributed by atoms with van der Waals surface area (Å²) in [5, 5.41) is 13.2. The SMILES string of the molecule is N#CCc1coc2cc(Oc3ccnc(Nc4ccc(-c5cnco5)cc4)n3)c(Cl)cc12. The zero-order chi connectivity index (χ0) is 21.9. The van der Waals surface area contributed by atoms with E-state index in [0.717, 1.165) is 22.2 Å². The fourth-order valence-electron chi connectivity index (χ4n) is 3.16. The molecular weight excluding hydrogens is 430 g/mol. The van der Waals surface area contributed by atoms with Gasteiger partial charge >= 0.3 is 0 Å². The van der Waals surface area contributed by atoms with Gasteiger partial charge in [-0.3, -0.25) is 0 Å². The molecule has 5 rings (SSSR count). The molecule has 3 heterocycles. The zero-order valence-corrected chi connectivity index (χ0v) is 17.2. The Balaban J connectivity index is 1.34. The van der Waals surface area contributed by atoms with Gasteiger partial charge in [-0.25, -0.2) is 9.97 Å². The molecule has 0 spiro atoms. The lowest BCUT2D eigenvalue weighted by Crippen LogP contribution is -1.98. The fraction of sp³-hybridized carbons (Fsp3) is 0.0435. The molecule has 156 valence electrons. The highest BCUT2D eigenvalue weighted by molar-refractivity contribution is 6.32. The number of anilines is 2. The number of benzene rings is 2. The maximum atomic E-state index is 8.93. The molecule has 0 saturated carbocycles. The van der Waals surface area contributed by atoms with Crippen molar-refractivity contribution in [2.45, 2.75) is 6.42 Å². The highest BCUT2D eigenvalue weighted by Gasteiger charge is 2.13. The van der Waals surface area contributed by atoms with Crippen LogP contribution in [0.25, 0.3) is 22.3 Å². The third-order valence-corrected chi connectivity index (χ3v) is 4.98. The van der Waals surface area contributed by atoms with E-state index in [1.165, 1.54) is 6.39 Å². The van der Waals surface area contributed by atoms with E-state index in [-0.39, 0.29) is 6.42 Å². The van der Waals surface area contributed by atoms with E-state index in [9.17, 15) is 0 Å². The van der Waals surface area contributed by atoms with Crippen LogP contribution >= 0.6 is 11.6 Å². The molecule has 32 heavy (non-hydrogen) atoms. The number of rotatable bonds is 6. The van der Waals surface area contributed by atoms with Crippen LogP contribution in [0.1, 0.15) is 5.56 Å². The molecule has 0 bridgehead atoms. The predicted molar refractivity (Wildman–Crippen MR) is 118 cm³/mol. The molecule has 0 amide bonds. The molecule has 0 radical (unpaired) electrons. The molecule has 2 aromatic carbocycles. The van der Waals surface area contributed by atoms with Gasteiger partial charge in [-0.2, -0.15) is 10.2 Å². The van der Waals surface area contributed by atoms with Gasteiger partial charge in [0.15, 0.2) is 17.9 Å². The number of nitrogens with zero attached hydrogens (tertiary/aromatic N) is 4. The molecule has 0 atom stereocenters. The maximum absolute atomic E-state index is 8.93. The summed E-state index contributed by atoms with van der Waals surface area (Å²) in [5.41, 5.74) is 3.06. The Bertz CT molecular complexity index is 1420. The molecule has 0 aliphatic heterocycles. The third-order valence-electron chi connectivity index (χ3n) is 4.68. The van der Waals surface area contributed by atoms with Gasteiger partial charge in [0, 0.05) is 40.5 Å². The summed E-state index contributed by atoms with van der Waals surface area (Å²) in [6.07, 6.45) is 6.42. The van der Waals surface area contributed by atoms with Crippen molar-refractivity contribution in [2.75, 3.05) is 5.32 Å². The van der Waals surface area contributed by atoms with E-state index in [1.54, 1.807) is 36.9 Å². The van der Waals surface area contributed by atoms with Gasteiger partial charge in [0.2, 0.25) is 11.8 Å². The van der Waals surface area contributed by atoms with Gasteiger partial charge in [-0.05, 0) is 30.3 Å². The van der Waals surface area contributed by atoms with Crippen molar-refractivity contribution < 1.29 is 13.6 Å². The number of nitrogens with one attached hydrogen (secondary N) is 1. The van der Waals surface area contributed by atoms with Crippen molar-refractivity contribution in [1.29, 1.82) is 5.26 Å². The van der Waals surface area contributed by atoms with Crippen LogP contribution < -0.4 is 10.1 Å². The van der Waals surface area contributed by atoms with Gasteiger partial charge < -0.3 is 18.9 Å². The normalized spacial score (nSPS) is 10.8. The first-order chi connectivity index (χ1) is 15.7. The molecular formula is C23H14ClN5O3. The van der Waals surface area contributed by atoms with Gasteiger partial charge in [-0.1, -0.05) is 11.6 Å². The minimum Gasteiger partial charge on any atom is -0.464 e. The Morgan fingerprint density at radius 3 is 2.78 bits per heavy atom. The van der Waals surface area contributed by atoms with Crippen LogP contribution in [0.2, 0.25) is 5.02 Å². The Kier molecular flexibility index (Phi) is 5.15. The molecule has 5 aromatic rings. The van der Waals surface area contributed by atoms with Crippen molar-refractivity contribution >= 4 is 34.2 Å². The molecule has 8 nitrogen and oxygen atoms in total. The molecule has 0 saturated heterocycles. The van der Waals surface area contributed by atoms with Crippen LogP contribution in [0.3, 0.4) is 0 Å².